The molecule has 0 spiro atoms. The van der Waals surface area contributed by atoms with Gasteiger partial charge in [0.05, 0.1) is 0 Å². The van der Waals surface area contributed by atoms with E-state index in [0.29, 0.717) is 0 Å². The molecule has 0 amide bonds. The van der Waals surface area contributed by atoms with Crippen LogP contribution in [0.4, 0.5) is 5.69 Å². The van der Waals surface area contributed by atoms with Gasteiger partial charge in [0, 0.05) is 36.4 Å². The third-order valence-electron chi connectivity index (χ3n) is 4.38. The zero-order valence-corrected chi connectivity index (χ0v) is 12.1. The molecule has 104 valence electrons. The first-order chi connectivity index (χ1) is 9.22. The van der Waals surface area contributed by atoms with E-state index in [4.69, 9.17) is 17.3 Å². The minimum Gasteiger partial charge on any atom is -0.399 e. The van der Waals surface area contributed by atoms with Gasteiger partial charge in [-0.15, -0.1) is 0 Å². The Morgan fingerprint density at radius 3 is 2.74 bits per heavy atom. The van der Waals surface area contributed by atoms with Gasteiger partial charge in [0.25, 0.3) is 0 Å². The van der Waals surface area contributed by atoms with Gasteiger partial charge in [-0.1, -0.05) is 17.7 Å². The fourth-order valence-corrected chi connectivity index (χ4v) is 3.54. The molecule has 2 N–H and O–H groups in total. The van der Waals surface area contributed by atoms with Crippen LogP contribution < -0.4 is 5.73 Å². The van der Waals surface area contributed by atoms with Crippen molar-refractivity contribution in [1.82, 2.24) is 9.80 Å². The summed E-state index contributed by atoms with van der Waals surface area (Å²) in [5, 5.41) is 0.796. The first-order valence-corrected chi connectivity index (χ1v) is 7.60. The Kier molecular flexibility index (Phi) is 3.96. The molecule has 1 unspecified atom stereocenters. The van der Waals surface area contributed by atoms with Crippen molar-refractivity contribution in [3.05, 3.63) is 28.8 Å². The molecule has 0 bridgehead atoms. The number of anilines is 1. The van der Waals surface area contributed by atoms with Crippen LogP contribution in [-0.4, -0.2) is 42.0 Å². The van der Waals surface area contributed by atoms with E-state index in [1.807, 2.05) is 12.1 Å². The first-order valence-electron chi connectivity index (χ1n) is 7.23. The Morgan fingerprint density at radius 2 is 2.00 bits per heavy atom. The van der Waals surface area contributed by atoms with Gasteiger partial charge in [0.2, 0.25) is 0 Å². The lowest BCUT2D eigenvalue weighted by molar-refractivity contribution is 0.230. The molecule has 0 aliphatic carbocycles. The lowest BCUT2D eigenvalue weighted by Gasteiger charge is -2.23. The highest BCUT2D eigenvalue weighted by Crippen LogP contribution is 2.25. The highest BCUT2D eigenvalue weighted by atomic mass is 35.5. The van der Waals surface area contributed by atoms with Crippen molar-refractivity contribution in [2.45, 2.75) is 31.8 Å². The topological polar surface area (TPSA) is 32.5 Å². The van der Waals surface area contributed by atoms with Crippen LogP contribution in [0.1, 0.15) is 24.8 Å². The Morgan fingerprint density at radius 1 is 1.21 bits per heavy atom. The highest BCUT2D eigenvalue weighted by molar-refractivity contribution is 6.31. The van der Waals surface area contributed by atoms with Crippen molar-refractivity contribution in [3.63, 3.8) is 0 Å². The third-order valence-corrected chi connectivity index (χ3v) is 4.73. The summed E-state index contributed by atoms with van der Waals surface area (Å²) in [4.78, 5) is 5.17. The van der Waals surface area contributed by atoms with E-state index in [1.165, 1.54) is 51.0 Å². The summed E-state index contributed by atoms with van der Waals surface area (Å²) in [7, 11) is 0. The fraction of sp³-hybridized carbons (Fsp3) is 0.600. The maximum atomic E-state index is 6.25. The van der Waals surface area contributed by atoms with Crippen molar-refractivity contribution in [2.75, 3.05) is 31.9 Å². The quantitative estimate of drug-likeness (QED) is 0.864. The Labute approximate surface area is 120 Å². The zero-order valence-electron chi connectivity index (χ0n) is 11.3. The Hall–Kier alpha value is -0.770. The van der Waals surface area contributed by atoms with E-state index in [0.717, 1.165) is 23.3 Å². The molecule has 3 nitrogen and oxygen atoms in total. The molecular weight excluding hydrogens is 258 g/mol. The molecule has 2 saturated heterocycles. The second-order valence-corrected chi connectivity index (χ2v) is 6.18. The normalized spacial score (nSPS) is 25.2. The van der Waals surface area contributed by atoms with Gasteiger partial charge in [-0.3, -0.25) is 9.80 Å². The number of hydrogen-bond acceptors (Lipinski definition) is 3. The van der Waals surface area contributed by atoms with Gasteiger partial charge < -0.3 is 5.73 Å². The molecule has 2 aliphatic rings. The molecular formula is C15H22ClN3. The molecule has 4 heteroatoms. The smallest absolute Gasteiger partial charge is 0.0471 e. The van der Waals surface area contributed by atoms with Crippen LogP contribution in [0.5, 0.6) is 0 Å². The van der Waals surface area contributed by atoms with Gasteiger partial charge >= 0.3 is 0 Å². The van der Waals surface area contributed by atoms with Gasteiger partial charge in [0.15, 0.2) is 0 Å². The minimum atomic E-state index is 0.741. The highest BCUT2D eigenvalue weighted by Gasteiger charge is 2.29. The van der Waals surface area contributed by atoms with E-state index in [-0.39, 0.29) is 0 Å². The van der Waals surface area contributed by atoms with Gasteiger partial charge in [-0.05, 0) is 50.0 Å². The van der Waals surface area contributed by atoms with Crippen molar-refractivity contribution in [3.8, 4) is 0 Å². The second kappa shape index (κ2) is 5.70. The van der Waals surface area contributed by atoms with E-state index in [9.17, 15) is 0 Å². The van der Waals surface area contributed by atoms with Crippen LogP contribution in [0, 0.1) is 0 Å². The molecule has 1 atom stereocenters. The van der Waals surface area contributed by atoms with Crippen LogP contribution in [0.25, 0.3) is 0 Å². The van der Waals surface area contributed by atoms with Crippen LogP contribution in [0.3, 0.4) is 0 Å². The summed E-state index contributed by atoms with van der Waals surface area (Å²) < 4.78 is 0. The summed E-state index contributed by atoms with van der Waals surface area (Å²) in [6, 6.07) is 6.61. The molecule has 2 fully saturated rings. The Balaban J connectivity index is 1.59. The SMILES string of the molecule is Nc1ccc(CN2CCC(N3CCCC3)C2)c(Cl)c1. The number of nitrogen functional groups attached to an aromatic ring is 1. The monoisotopic (exact) mass is 279 g/mol. The zero-order chi connectivity index (χ0) is 13.2. The van der Waals surface area contributed by atoms with Crippen molar-refractivity contribution >= 4 is 17.3 Å². The number of hydrogen-bond donors (Lipinski definition) is 1. The predicted molar refractivity (Wildman–Crippen MR) is 80.4 cm³/mol. The largest absolute Gasteiger partial charge is 0.399 e. The standard InChI is InChI=1S/C15H22ClN3/c16-15-9-13(17)4-3-12(15)10-18-8-5-14(11-18)19-6-1-2-7-19/h3-4,9,14H,1-2,5-8,10-11,17H2. The second-order valence-electron chi connectivity index (χ2n) is 5.77. The van der Waals surface area contributed by atoms with Crippen molar-refractivity contribution in [2.24, 2.45) is 0 Å². The van der Waals surface area contributed by atoms with Gasteiger partial charge in [0.1, 0.15) is 0 Å². The van der Waals surface area contributed by atoms with E-state index < -0.39 is 0 Å². The predicted octanol–water partition coefficient (Wildman–Crippen LogP) is 2.59. The molecule has 0 saturated carbocycles. The number of nitrogens with zero attached hydrogens (tertiary/aromatic N) is 2. The molecule has 0 aromatic heterocycles. The lowest BCUT2D eigenvalue weighted by Crippen LogP contribution is -2.35. The summed E-state index contributed by atoms with van der Waals surface area (Å²) in [5.74, 6) is 0. The maximum Gasteiger partial charge on any atom is 0.0471 e. The summed E-state index contributed by atoms with van der Waals surface area (Å²) >= 11 is 6.25. The third kappa shape index (κ3) is 3.04. The van der Waals surface area contributed by atoms with Gasteiger partial charge in [-0.2, -0.15) is 0 Å². The van der Waals surface area contributed by atoms with Crippen LogP contribution in [0.15, 0.2) is 18.2 Å². The molecule has 0 radical (unpaired) electrons. The number of nitrogens with two attached hydrogens (primary N) is 1. The molecule has 19 heavy (non-hydrogen) atoms. The average Bonchev–Trinajstić information content (AvgIpc) is 3.03. The summed E-state index contributed by atoms with van der Waals surface area (Å²) in [6.45, 7) is 5.90. The minimum absolute atomic E-state index is 0.741. The molecule has 2 aliphatic heterocycles. The molecule has 3 rings (SSSR count). The molecule has 1 aromatic rings. The summed E-state index contributed by atoms with van der Waals surface area (Å²) in [6.07, 6.45) is 4.05. The van der Waals surface area contributed by atoms with E-state index >= 15 is 0 Å². The molecule has 1 aromatic carbocycles. The number of rotatable bonds is 3. The first kappa shape index (κ1) is 13.2. The average molecular weight is 280 g/mol. The van der Waals surface area contributed by atoms with Crippen LogP contribution >= 0.6 is 11.6 Å². The van der Waals surface area contributed by atoms with Crippen molar-refractivity contribution in [1.29, 1.82) is 0 Å². The Bertz CT molecular complexity index is 443. The van der Waals surface area contributed by atoms with Crippen LogP contribution in [0.2, 0.25) is 5.02 Å². The molecule has 2 heterocycles. The fourth-order valence-electron chi connectivity index (χ4n) is 3.29. The summed E-state index contributed by atoms with van der Waals surface area (Å²) in [5.41, 5.74) is 7.67. The number of halogens is 1. The number of benzene rings is 1. The van der Waals surface area contributed by atoms with Gasteiger partial charge in [-0.25, -0.2) is 0 Å². The maximum absolute atomic E-state index is 6.25. The van der Waals surface area contributed by atoms with Crippen molar-refractivity contribution < 1.29 is 0 Å². The number of likely N-dealkylation sites (tertiary alicyclic amines) is 2. The van der Waals surface area contributed by atoms with E-state index in [1.54, 1.807) is 0 Å². The van der Waals surface area contributed by atoms with E-state index in [2.05, 4.69) is 15.9 Å². The van der Waals surface area contributed by atoms with Crippen LogP contribution in [-0.2, 0) is 6.54 Å². The lowest BCUT2D eigenvalue weighted by atomic mass is 10.2.